The highest BCUT2D eigenvalue weighted by atomic mass is 35.5. The highest BCUT2D eigenvalue weighted by Gasteiger charge is 2.48. The molecule has 49 heavy (non-hydrogen) atoms. The number of halogens is 5. The number of hydrogen-bond donors (Lipinski definition) is 0. The molecule has 15 heteroatoms. The third-order valence-electron chi connectivity index (χ3n) is 9.26. The van der Waals surface area contributed by atoms with Crippen molar-refractivity contribution in [1.29, 1.82) is 0 Å². The summed E-state index contributed by atoms with van der Waals surface area (Å²) in [7, 11) is 2.72. The third kappa shape index (κ3) is 8.51. The van der Waals surface area contributed by atoms with Crippen LogP contribution in [0.5, 0.6) is 17.8 Å². The monoisotopic (exact) mass is 727 g/mol. The average molecular weight is 729 g/mol. The van der Waals surface area contributed by atoms with Gasteiger partial charge in [-0.05, 0) is 18.1 Å². The lowest BCUT2D eigenvalue weighted by Crippen LogP contribution is -2.68. The van der Waals surface area contributed by atoms with Crippen LogP contribution in [0.2, 0.25) is 0 Å². The highest BCUT2D eigenvalue weighted by Crippen LogP contribution is 2.39. The Hall–Kier alpha value is -3.36. The fourth-order valence-electron chi connectivity index (χ4n) is 7.01. The Balaban J connectivity index is 0.00000270. The minimum Gasteiger partial charge on any atom is -0.481 e. The topological polar surface area (TPSA) is 89.5 Å². The number of fused-ring (bicyclic) bond motifs is 1. The number of methoxy groups -OCH3 is 2. The fraction of sp³-hybridized carbons (Fsp3) is 0.500. The quantitative estimate of drug-likeness (QED) is 0.291. The zero-order valence-electron chi connectivity index (χ0n) is 27.6. The summed E-state index contributed by atoms with van der Waals surface area (Å²) >= 11 is 0. The van der Waals surface area contributed by atoms with Gasteiger partial charge < -0.3 is 23.8 Å². The third-order valence-corrected chi connectivity index (χ3v) is 9.26. The summed E-state index contributed by atoms with van der Waals surface area (Å²) in [4.78, 5) is 28.7. The van der Waals surface area contributed by atoms with Gasteiger partial charge in [-0.1, -0.05) is 60.7 Å². The number of amides is 1. The predicted molar refractivity (Wildman–Crippen MR) is 181 cm³/mol. The lowest BCUT2D eigenvalue weighted by Gasteiger charge is -2.54. The van der Waals surface area contributed by atoms with Crippen LogP contribution in [0, 0.1) is 5.41 Å². The molecule has 0 aliphatic carbocycles. The van der Waals surface area contributed by atoms with E-state index in [9.17, 15) is 18.0 Å². The summed E-state index contributed by atoms with van der Waals surface area (Å²) in [5.41, 5.74) is 2.08. The van der Waals surface area contributed by atoms with Gasteiger partial charge in [0.1, 0.15) is 0 Å². The molecule has 3 aliphatic heterocycles. The summed E-state index contributed by atoms with van der Waals surface area (Å²) in [6.45, 7) is 4.36. The van der Waals surface area contributed by atoms with Crippen molar-refractivity contribution >= 4 is 30.7 Å². The Kier molecular flexibility index (Phi) is 12.6. The van der Waals surface area contributed by atoms with Crippen molar-refractivity contribution in [3.05, 3.63) is 77.4 Å². The summed E-state index contributed by atoms with van der Waals surface area (Å²) in [6.07, 6.45) is -4.57. The maximum atomic E-state index is 13.6. The first kappa shape index (κ1) is 38.4. The standard InChI is InChI=1S/C34H40F3N5O5.2ClH/c1-33(20-46-21-33)31(43)41-14-15-42-25(17-41)16-40(18-26-29(44-2)38-32(45-3)39-30(26)47-22-34(35,36)37)19-27(42)28(23-10-6-4-7-11-23)24-12-8-5-9-13-24;;/h4-13,25,27-28H,14-22H2,1-3H3;2*1H/t25-,27?;;/m1../s1. The van der Waals surface area contributed by atoms with Crippen LogP contribution in [-0.4, -0.2) is 116 Å². The molecule has 10 nitrogen and oxygen atoms in total. The molecule has 0 saturated carbocycles. The Morgan fingerprint density at radius 1 is 0.918 bits per heavy atom. The van der Waals surface area contributed by atoms with Crippen LogP contribution in [0.3, 0.4) is 0 Å². The van der Waals surface area contributed by atoms with Crippen molar-refractivity contribution in [2.75, 3.05) is 66.8 Å². The number of carbonyl (C=O) groups is 1. The van der Waals surface area contributed by atoms with E-state index in [-0.39, 0.29) is 73.0 Å². The first-order chi connectivity index (χ1) is 22.6. The molecule has 3 aliphatic rings. The van der Waals surface area contributed by atoms with Crippen LogP contribution >= 0.6 is 24.8 Å². The molecule has 1 amide bonds. The molecule has 3 fully saturated rings. The van der Waals surface area contributed by atoms with Crippen LogP contribution in [-0.2, 0) is 16.1 Å². The second kappa shape index (κ2) is 16.1. The summed E-state index contributed by atoms with van der Waals surface area (Å²) in [6, 6.07) is 20.4. The maximum absolute atomic E-state index is 13.6. The van der Waals surface area contributed by atoms with E-state index < -0.39 is 18.2 Å². The first-order valence-corrected chi connectivity index (χ1v) is 15.7. The molecule has 3 aromatic rings. The molecule has 1 unspecified atom stereocenters. The summed E-state index contributed by atoms with van der Waals surface area (Å²) < 4.78 is 61.1. The van der Waals surface area contributed by atoms with Crippen molar-refractivity contribution in [2.24, 2.45) is 5.41 Å². The first-order valence-electron chi connectivity index (χ1n) is 15.7. The largest absolute Gasteiger partial charge is 0.481 e. The van der Waals surface area contributed by atoms with E-state index in [0.29, 0.717) is 51.5 Å². The van der Waals surface area contributed by atoms with Gasteiger partial charge in [-0.2, -0.15) is 23.1 Å². The Morgan fingerprint density at radius 3 is 2.06 bits per heavy atom. The van der Waals surface area contributed by atoms with Crippen LogP contribution in [0.15, 0.2) is 60.7 Å². The van der Waals surface area contributed by atoms with Crippen LogP contribution in [0.4, 0.5) is 13.2 Å². The van der Waals surface area contributed by atoms with E-state index in [1.54, 1.807) is 0 Å². The van der Waals surface area contributed by atoms with Gasteiger partial charge in [-0.25, -0.2) is 0 Å². The van der Waals surface area contributed by atoms with Crippen molar-refractivity contribution in [2.45, 2.75) is 37.6 Å². The number of nitrogens with zero attached hydrogens (tertiary/aromatic N) is 5. The van der Waals surface area contributed by atoms with Crippen LogP contribution in [0.25, 0.3) is 0 Å². The van der Waals surface area contributed by atoms with E-state index in [0.717, 1.165) is 11.1 Å². The molecular formula is C34H42Cl2F3N5O5. The molecule has 0 N–H and O–H groups in total. The highest BCUT2D eigenvalue weighted by molar-refractivity contribution is 5.85. The lowest BCUT2D eigenvalue weighted by atomic mass is 9.81. The van der Waals surface area contributed by atoms with Gasteiger partial charge in [0, 0.05) is 57.3 Å². The number of aromatic nitrogens is 2. The smallest absolute Gasteiger partial charge is 0.422 e. The summed E-state index contributed by atoms with van der Waals surface area (Å²) in [5.74, 6) is -0.0923. The molecule has 2 atom stereocenters. The van der Waals surface area contributed by atoms with Gasteiger partial charge >= 0.3 is 12.2 Å². The van der Waals surface area contributed by atoms with Crippen molar-refractivity contribution in [1.82, 2.24) is 24.7 Å². The molecule has 0 spiro atoms. The average Bonchev–Trinajstić information content (AvgIpc) is 3.06. The molecule has 1 aromatic heterocycles. The number of alkyl halides is 3. The van der Waals surface area contributed by atoms with Gasteiger partial charge in [-0.3, -0.25) is 14.6 Å². The molecule has 6 rings (SSSR count). The van der Waals surface area contributed by atoms with E-state index in [1.165, 1.54) is 14.2 Å². The van der Waals surface area contributed by atoms with Gasteiger partial charge in [0.2, 0.25) is 17.7 Å². The molecule has 268 valence electrons. The van der Waals surface area contributed by atoms with E-state index in [4.69, 9.17) is 18.9 Å². The van der Waals surface area contributed by atoms with E-state index in [1.807, 2.05) is 48.2 Å². The van der Waals surface area contributed by atoms with Crippen molar-refractivity contribution in [3.8, 4) is 17.8 Å². The van der Waals surface area contributed by atoms with E-state index >= 15 is 0 Å². The number of carbonyl (C=O) groups excluding carboxylic acids is 1. The Labute approximate surface area is 296 Å². The number of benzene rings is 2. The number of rotatable bonds is 10. The van der Waals surface area contributed by atoms with Crippen LogP contribution in [0.1, 0.15) is 29.5 Å². The van der Waals surface area contributed by atoms with Gasteiger partial charge in [0.25, 0.3) is 0 Å². The number of ether oxygens (including phenoxy) is 4. The summed E-state index contributed by atoms with van der Waals surface area (Å²) in [5, 5.41) is 0. The van der Waals surface area contributed by atoms with Gasteiger partial charge in [-0.15, -0.1) is 24.8 Å². The second-order valence-electron chi connectivity index (χ2n) is 12.7. The van der Waals surface area contributed by atoms with E-state index in [2.05, 4.69) is 44.0 Å². The zero-order valence-corrected chi connectivity index (χ0v) is 29.2. The molecule has 0 radical (unpaired) electrons. The molecule has 2 aromatic carbocycles. The minimum atomic E-state index is -4.57. The maximum Gasteiger partial charge on any atom is 0.422 e. The molecule has 3 saturated heterocycles. The second-order valence-corrected chi connectivity index (χ2v) is 12.7. The normalized spacial score (nSPS) is 20.7. The number of piperazine rings is 2. The van der Waals surface area contributed by atoms with Gasteiger partial charge in [0.15, 0.2) is 6.61 Å². The zero-order chi connectivity index (χ0) is 33.2. The number of hydrogen-bond acceptors (Lipinski definition) is 9. The fourth-order valence-corrected chi connectivity index (χ4v) is 7.01. The van der Waals surface area contributed by atoms with Crippen molar-refractivity contribution < 1.29 is 36.9 Å². The Bertz CT molecular complexity index is 1500. The minimum absolute atomic E-state index is 0. The Morgan fingerprint density at radius 2 is 1.53 bits per heavy atom. The predicted octanol–water partition coefficient (Wildman–Crippen LogP) is 4.84. The molecule has 4 heterocycles. The SMILES string of the molecule is COc1nc(OC)c(CN2CC(C(c3ccccc3)c3ccccc3)N3CCN(C(=O)C4(C)COC4)C[C@H]3C2)c(OCC(F)(F)F)n1.Cl.Cl. The molecular weight excluding hydrogens is 686 g/mol. The van der Waals surface area contributed by atoms with Crippen LogP contribution < -0.4 is 14.2 Å². The van der Waals surface area contributed by atoms with Crippen molar-refractivity contribution in [3.63, 3.8) is 0 Å². The molecule has 0 bridgehead atoms. The lowest BCUT2D eigenvalue weighted by molar-refractivity contribution is -0.173. The van der Waals surface area contributed by atoms with Gasteiger partial charge in [0.05, 0.1) is 38.4 Å².